The zero-order valence-electron chi connectivity index (χ0n) is 17.6. The molecule has 2 aromatic rings. The first-order valence-corrected chi connectivity index (χ1v) is 11.3. The Morgan fingerprint density at radius 1 is 0.867 bits per heavy atom. The number of piperidine rings is 2. The van der Waals surface area contributed by atoms with E-state index in [-0.39, 0.29) is 23.8 Å². The van der Waals surface area contributed by atoms with Crippen molar-refractivity contribution in [1.82, 2.24) is 4.90 Å². The number of hydrogen-bond donors (Lipinski definition) is 2. The number of likely N-dealkylation sites (tertiary alicyclic amines) is 2. The van der Waals surface area contributed by atoms with E-state index in [1.54, 1.807) is 0 Å². The maximum absolute atomic E-state index is 13.5. The monoisotopic (exact) mass is 406 g/mol. The highest BCUT2D eigenvalue weighted by Gasteiger charge is 2.38. The molecular weight excluding hydrogens is 374 g/mol. The molecule has 2 saturated heterocycles. The molecule has 0 aliphatic carbocycles. The molecule has 2 N–H and O–H groups in total. The van der Waals surface area contributed by atoms with Crippen LogP contribution in [0.1, 0.15) is 43.7 Å². The van der Waals surface area contributed by atoms with Crippen LogP contribution in [0.3, 0.4) is 0 Å². The Hall–Kier alpha value is -2.66. The lowest BCUT2D eigenvalue weighted by atomic mass is 9.92. The highest BCUT2D eigenvalue weighted by molar-refractivity contribution is 5.92. The number of benzene rings is 2. The summed E-state index contributed by atoms with van der Waals surface area (Å²) in [6, 6.07) is 19.7. The van der Waals surface area contributed by atoms with Crippen molar-refractivity contribution in [2.75, 3.05) is 31.5 Å². The number of amides is 2. The summed E-state index contributed by atoms with van der Waals surface area (Å²) in [4.78, 5) is 29.5. The molecule has 5 heteroatoms. The average molecular weight is 407 g/mol. The quantitative estimate of drug-likeness (QED) is 0.802. The highest BCUT2D eigenvalue weighted by Crippen LogP contribution is 2.20. The van der Waals surface area contributed by atoms with Crippen molar-refractivity contribution in [3.05, 3.63) is 66.2 Å². The van der Waals surface area contributed by atoms with Crippen LogP contribution in [0.5, 0.6) is 0 Å². The van der Waals surface area contributed by atoms with Crippen molar-refractivity contribution >= 4 is 17.5 Å². The third-order valence-electron chi connectivity index (χ3n) is 6.50. The smallest absolute Gasteiger partial charge is 0.285 e. The molecule has 0 aromatic heterocycles. The van der Waals surface area contributed by atoms with Gasteiger partial charge in [-0.2, -0.15) is 0 Å². The number of para-hydroxylation sites is 1. The molecule has 0 spiro atoms. The van der Waals surface area contributed by atoms with Gasteiger partial charge in [-0.25, -0.2) is 0 Å². The number of hydrogen-bond acceptors (Lipinski definition) is 2. The molecular formula is C25H32N3O2+. The standard InChI is InChI=1S/C25H31N3O2/c29-24(26-22-12-6-2-7-13-22)21-14-18-27(19-15-21)23(20-10-4-1-5-11-20)25(30)28-16-8-3-9-17-28/h1-2,4-7,10-13,21,23H,3,8-9,14-19H2,(H,26,29)/p+1/t23-/m1/s1. The third kappa shape index (κ3) is 4.90. The zero-order valence-corrected chi connectivity index (χ0v) is 17.6. The summed E-state index contributed by atoms with van der Waals surface area (Å²) < 4.78 is 0. The van der Waals surface area contributed by atoms with Gasteiger partial charge in [-0.1, -0.05) is 48.5 Å². The first-order valence-electron chi connectivity index (χ1n) is 11.3. The second kappa shape index (κ2) is 9.90. The minimum absolute atomic E-state index is 0.00969. The summed E-state index contributed by atoms with van der Waals surface area (Å²) in [6.45, 7) is 3.42. The molecule has 4 rings (SSSR count). The van der Waals surface area contributed by atoms with E-state index in [1.165, 1.54) is 11.3 Å². The maximum Gasteiger partial charge on any atom is 0.285 e. The highest BCUT2D eigenvalue weighted by atomic mass is 16.2. The van der Waals surface area contributed by atoms with Crippen LogP contribution in [0.25, 0.3) is 0 Å². The molecule has 2 amide bonds. The molecule has 0 radical (unpaired) electrons. The van der Waals surface area contributed by atoms with Crippen LogP contribution in [-0.4, -0.2) is 42.9 Å². The molecule has 0 saturated carbocycles. The molecule has 2 heterocycles. The minimum atomic E-state index is -0.164. The largest absolute Gasteiger partial charge is 0.337 e. The van der Waals surface area contributed by atoms with E-state index in [1.807, 2.05) is 48.5 Å². The van der Waals surface area contributed by atoms with Crippen LogP contribution < -0.4 is 10.2 Å². The topological polar surface area (TPSA) is 53.9 Å². The van der Waals surface area contributed by atoms with E-state index in [0.29, 0.717) is 0 Å². The van der Waals surface area contributed by atoms with Crippen LogP contribution >= 0.6 is 0 Å². The van der Waals surface area contributed by atoms with Crippen molar-refractivity contribution in [1.29, 1.82) is 0 Å². The second-order valence-electron chi connectivity index (χ2n) is 8.52. The molecule has 2 aliphatic heterocycles. The molecule has 0 bridgehead atoms. The van der Waals surface area contributed by atoms with E-state index in [0.717, 1.165) is 63.1 Å². The fourth-order valence-electron chi connectivity index (χ4n) is 4.80. The summed E-state index contributed by atoms with van der Waals surface area (Å²) in [6.07, 6.45) is 5.04. The Morgan fingerprint density at radius 2 is 1.47 bits per heavy atom. The van der Waals surface area contributed by atoms with Crippen molar-refractivity contribution in [2.45, 2.75) is 38.1 Å². The van der Waals surface area contributed by atoms with E-state index in [9.17, 15) is 9.59 Å². The Morgan fingerprint density at radius 3 is 2.10 bits per heavy atom. The summed E-state index contributed by atoms with van der Waals surface area (Å²) in [5.41, 5.74) is 1.94. The fraction of sp³-hybridized carbons (Fsp3) is 0.440. The predicted molar refractivity (Wildman–Crippen MR) is 118 cm³/mol. The maximum atomic E-state index is 13.5. The lowest BCUT2D eigenvalue weighted by Gasteiger charge is -2.37. The molecule has 2 fully saturated rings. The molecule has 158 valence electrons. The van der Waals surface area contributed by atoms with Crippen molar-refractivity contribution in [3.63, 3.8) is 0 Å². The third-order valence-corrected chi connectivity index (χ3v) is 6.50. The van der Waals surface area contributed by atoms with Crippen LogP contribution in [-0.2, 0) is 9.59 Å². The number of anilines is 1. The first-order chi connectivity index (χ1) is 14.7. The van der Waals surface area contributed by atoms with Gasteiger partial charge < -0.3 is 15.1 Å². The zero-order chi connectivity index (χ0) is 20.8. The lowest BCUT2D eigenvalue weighted by molar-refractivity contribution is -0.927. The van der Waals surface area contributed by atoms with E-state index in [2.05, 4.69) is 22.3 Å². The minimum Gasteiger partial charge on any atom is -0.337 e. The number of rotatable bonds is 5. The lowest BCUT2D eigenvalue weighted by Crippen LogP contribution is -3.14. The van der Waals surface area contributed by atoms with Crippen molar-refractivity contribution in [2.24, 2.45) is 5.92 Å². The predicted octanol–water partition coefficient (Wildman–Crippen LogP) is 2.67. The molecule has 2 aromatic carbocycles. The van der Waals surface area contributed by atoms with Gasteiger partial charge in [0.2, 0.25) is 5.91 Å². The Bertz CT molecular complexity index is 826. The number of carbonyl (C=O) groups is 2. The molecule has 0 unspecified atom stereocenters. The number of nitrogens with zero attached hydrogens (tertiary/aromatic N) is 1. The van der Waals surface area contributed by atoms with Gasteiger partial charge in [0.05, 0.1) is 13.1 Å². The summed E-state index contributed by atoms with van der Waals surface area (Å²) in [5.74, 6) is 0.359. The van der Waals surface area contributed by atoms with Gasteiger partial charge in [0.25, 0.3) is 5.91 Å². The average Bonchev–Trinajstić information content (AvgIpc) is 2.81. The SMILES string of the molecule is O=C(Nc1ccccc1)C1CC[NH+]([C@@H](C(=O)N2CCCCC2)c2ccccc2)CC1. The van der Waals surface area contributed by atoms with Gasteiger partial charge in [-0.05, 0) is 31.4 Å². The van der Waals surface area contributed by atoms with Gasteiger partial charge >= 0.3 is 0 Å². The van der Waals surface area contributed by atoms with E-state index >= 15 is 0 Å². The molecule has 2 aliphatic rings. The Balaban J connectivity index is 1.42. The Labute approximate surface area is 179 Å². The second-order valence-corrected chi connectivity index (χ2v) is 8.52. The van der Waals surface area contributed by atoms with Gasteiger partial charge in [-0.3, -0.25) is 9.59 Å². The number of carbonyl (C=O) groups excluding carboxylic acids is 2. The van der Waals surface area contributed by atoms with E-state index in [4.69, 9.17) is 0 Å². The van der Waals surface area contributed by atoms with Crippen LogP contribution in [0.2, 0.25) is 0 Å². The number of nitrogens with one attached hydrogen (secondary N) is 2. The molecule has 1 atom stereocenters. The van der Waals surface area contributed by atoms with Gasteiger partial charge in [-0.15, -0.1) is 0 Å². The fourth-order valence-corrected chi connectivity index (χ4v) is 4.80. The number of quaternary nitrogens is 1. The van der Waals surface area contributed by atoms with E-state index < -0.39 is 0 Å². The van der Waals surface area contributed by atoms with Crippen LogP contribution in [0, 0.1) is 5.92 Å². The summed E-state index contributed by atoms with van der Waals surface area (Å²) in [7, 11) is 0. The first kappa shape index (κ1) is 20.6. The summed E-state index contributed by atoms with van der Waals surface area (Å²) >= 11 is 0. The van der Waals surface area contributed by atoms with Gasteiger partial charge in [0.15, 0.2) is 6.04 Å². The van der Waals surface area contributed by atoms with Crippen molar-refractivity contribution in [3.8, 4) is 0 Å². The molecule has 30 heavy (non-hydrogen) atoms. The Kier molecular flexibility index (Phi) is 6.80. The van der Waals surface area contributed by atoms with Gasteiger partial charge in [0, 0.05) is 43.1 Å². The van der Waals surface area contributed by atoms with Crippen LogP contribution in [0.15, 0.2) is 60.7 Å². The normalized spacial score (nSPS) is 22.9. The van der Waals surface area contributed by atoms with Crippen LogP contribution in [0.4, 0.5) is 5.69 Å². The summed E-state index contributed by atoms with van der Waals surface area (Å²) in [5, 5.41) is 3.04. The van der Waals surface area contributed by atoms with Crippen molar-refractivity contribution < 1.29 is 14.5 Å². The molecule has 5 nitrogen and oxygen atoms in total. The van der Waals surface area contributed by atoms with Gasteiger partial charge in [0.1, 0.15) is 0 Å².